The van der Waals surface area contributed by atoms with Gasteiger partial charge in [-0.05, 0) is 34.8 Å². The lowest BCUT2D eigenvalue weighted by atomic mass is 10.3. The van der Waals surface area contributed by atoms with Crippen LogP contribution in [-0.2, 0) is 14.8 Å². The van der Waals surface area contributed by atoms with Gasteiger partial charge in [0.2, 0.25) is 10.0 Å². The molecule has 1 saturated carbocycles. The summed E-state index contributed by atoms with van der Waals surface area (Å²) in [6, 6.07) is 1.53. The molecule has 8 heteroatoms. The minimum Gasteiger partial charge on any atom is -0.377 e. The zero-order valence-corrected chi connectivity index (χ0v) is 14.3. The number of sulfonamides is 1. The Hall–Kier alpha value is -0.700. The van der Waals surface area contributed by atoms with Crippen LogP contribution in [0.15, 0.2) is 21.6 Å². The molecule has 0 amide bonds. The largest absolute Gasteiger partial charge is 0.377 e. The molecule has 0 bridgehead atoms. The molecule has 0 aromatic carbocycles. The van der Waals surface area contributed by atoms with Crippen molar-refractivity contribution in [3.63, 3.8) is 0 Å². The molecule has 1 aliphatic rings. The minimum absolute atomic E-state index is 0.125. The zero-order chi connectivity index (χ0) is 15.3. The normalized spacial score (nSPS) is 16.3. The van der Waals surface area contributed by atoms with Crippen LogP contribution in [0.5, 0.6) is 0 Å². The number of hydrogen-bond donors (Lipinski definition) is 2. The van der Waals surface area contributed by atoms with Gasteiger partial charge in [-0.25, -0.2) is 18.1 Å². The Kier molecular flexibility index (Phi) is 5.98. The van der Waals surface area contributed by atoms with Crippen molar-refractivity contribution in [2.24, 2.45) is 0 Å². The van der Waals surface area contributed by atoms with Gasteiger partial charge in [-0.3, -0.25) is 0 Å². The van der Waals surface area contributed by atoms with Crippen molar-refractivity contribution in [1.29, 1.82) is 0 Å². The van der Waals surface area contributed by atoms with E-state index in [1.807, 2.05) is 0 Å². The maximum atomic E-state index is 12.3. The summed E-state index contributed by atoms with van der Waals surface area (Å²) in [5, 5.41) is 2.78. The highest BCUT2D eigenvalue weighted by Crippen LogP contribution is 2.22. The van der Waals surface area contributed by atoms with Crippen LogP contribution in [0.1, 0.15) is 25.7 Å². The Morgan fingerprint density at radius 3 is 2.81 bits per heavy atom. The summed E-state index contributed by atoms with van der Waals surface area (Å²) in [5.74, 6) is 0.322. The van der Waals surface area contributed by atoms with Crippen molar-refractivity contribution in [3.8, 4) is 0 Å². The molecule has 0 saturated heterocycles. The molecule has 6 nitrogen and oxygen atoms in total. The first-order chi connectivity index (χ1) is 10.0. The lowest BCUT2D eigenvalue weighted by Gasteiger charge is -2.13. The van der Waals surface area contributed by atoms with Gasteiger partial charge >= 0.3 is 0 Å². The van der Waals surface area contributed by atoms with Crippen LogP contribution < -0.4 is 10.0 Å². The first-order valence-corrected chi connectivity index (χ1v) is 9.25. The zero-order valence-electron chi connectivity index (χ0n) is 11.9. The number of nitrogens with zero attached hydrogens (tertiary/aromatic N) is 1. The van der Waals surface area contributed by atoms with E-state index < -0.39 is 10.0 Å². The molecule has 1 aromatic heterocycles. The molecule has 0 aliphatic heterocycles. The molecule has 118 valence electrons. The maximum absolute atomic E-state index is 12.3. The lowest BCUT2D eigenvalue weighted by molar-refractivity contribution is 0.0626. The monoisotopic (exact) mass is 377 g/mol. The fourth-order valence-electron chi connectivity index (χ4n) is 2.35. The van der Waals surface area contributed by atoms with Crippen molar-refractivity contribution in [3.05, 3.63) is 16.7 Å². The highest BCUT2D eigenvalue weighted by Gasteiger charge is 2.20. The number of anilines is 1. The number of hydrogen-bond acceptors (Lipinski definition) is 5. The molecule has 0 unspecified atom stereocenters. The summed E-state index contributed by atoms with van der Waals surface area (Å²) in [4.78, 5) is 4.17. The number of rotatable bonds is 7. The topological polar surface area (TPSA) is 80.3 Å². The summed E-state index contributed by atoms with van der Waals surface area (Å²) in [6.07, 6.45) is 6.39. The second kappa shape index (κ2) is 7.53. The van der Waals surface area contributed by atoms with E-state index in [1.54, 1.807) is 13.2 Å². The molecule has 1 aromatic rings. The van der Waals surface area contributed by atoms with Crippen LogP contribution in [0.2, 0.25) is 0 Å². The predicted molar refractivity (Wildman–Crippen MR) is 84.9 cm³/mol. The van der Waals surface area contributed by atoms with E-state index in [0.29, 0.717) is 16.9 Å². The summed E-state index contributed by atoms with van der Waals surface area (Å²) in [6.45, 7) is 0.648. The fraction of sp³-hybridized carbons (Fsp3) is 0.615. The van der Waals surface area contributed by atoms with Gasteiger partial charge in [-0.15, -0.1) is 0 Å². The SMILES string of the molecule is CNc1ncc(Br)cc1S(=O)(=O)NCCOC1CCCC1. The van der Waals surface area contributed by atoms with Crippen LogP contribution >= 0.6 is 15.9 Å². The van der Waals surface area contributed by atoms with E-state index in [1.165, 1.54) is 18.9 Å². The second-order valence-corrected chi connectivity index (χ2v) is 7.58. The van der Waals surface area contributed by atoms with E-state index in [9.17, 15) is 8.42 Å². The molecular weight excluding hydrogens is 358 g/mol. The van der Waals surface area contributed by atoms with Crippen LogP contribution in [0, 0.1) is 0 Å². The van der Waals surface area contributed by atoms with Gasteiger partial charge < -0.3 is 10.1 Å². The average Bonchev–Trinajstić information content (AvgIpc) is 2.97. The lowest BCUT2D eigenvalue weighted by Crippen LogP contribution is -2.29. The van der Waals surface area contributed by atoms with Crippen molar-refractivity contribution in [2.45, 2.75) is 36.7 Å². The molecule has 0 atom stereocenters. The third kappa shape index (κ3) is 4.64. The van der Waals surface area contributed by atoms with Crippen molar-refractivity contribution in [2.75, 3.05) is 25.5 Å². The maximum Gasteiger partial charge on any atom is 0.244 e. The Morgan fingerprint density at radius 2 is 2.14 bits per heavy atom. The summed E-state index contributed by atoms with van der Waals surface area (Å²) < 4.78 is 33.4. The summed E-state index contributed by atoms with van der Waals surface area (Å²) in [5.41, 5.74) is 0. The number of halogens is 1. The number of aromatic nitrogens is 1. The quantitative estimate of drug-likeness (QED) is 0.711. The average molecular weight is 378 g/mol. The molecule has 21 heavy (non-hydrogen) atoms. The van der Waals surface area contributed by atoms with Crippen LogP contribution in [0.3, 0.4) is 0 Å². The third-order valence-corrected chi connectivity index (χ3v) is 5.30. The first kappa shape index (κ1) is 16.7. The Morgan fingerprint density at radius 1 is 1.43 bits per heavy atom. The minimum atomic E-state index is -3.61. The van der Waals surface area contributed by atoms with Gasteiger partial charge in [0, 0.05) is 24.3 Å². The Bertz CT molecular complexity index is 574. The molecule has 2 N–H and O–H groups in total. The predicted octanol–water partition coefficient (Wildman–Crippen LogP) is 2.12. The van der Waals surface area contributed by atoms with Gasteiger partial charge in [0.15, 0.2) is 0 Å². The summed E-state index contributed by atoms with van der Waals surface area (Å²) in [7, 11) is -1.97. The third-order valence-electron chi connectivity index (χ3n) is 3.40. The molecule has 1 fully saturated rings. The molecule has 1 heterocycles. The van der Waals surface area contributed by atoms with Crippen LogP contribution in [0.25, 0.3) is 0 Å². The second-order valence-electron chi connectivity index (χ2n) is 4.93. The smallest absolute Gasteiger partial charge is 0.244 e. The van der Waals surface area contributed by atoms with Gasteiger partial charge in [0.25, 0.3) is 0 Å². The van der Waals surface area contributed by atoms with Gasteiger partial charge in [-0.2, -0.15) is 0 Å². The molecule has 1 aliphatic carbocycles. The Balaban J connectivity index is 1.93. The van der Waals surface area contributed by atoms with Crippen LogP contribution in [-0.4, -0.2) is 39.7 Å². The van der Waals surface area contributed by atoms with Crippen LogP contribution in [0.4, 0.5) is 5.82 Å². The molecule has 2 rings (SSSR count). The van der Waals surface area contributed by atoms with E-state index in [0.717, 1.165) is 12.8 Å². The standard InChI is InChI=1S/C13H20BrN3O3S/c1-15-13-12(8-10(14)9-16-13)21(18,19)17-6-7-20-11-4-2-3-5-11/h8-9,11,17H,2-7H2,1H3,(H,15,16). The van der Waals surface area contributed by atoms with Crippen molar-refractivity contribution < 1.29 is 13.2 Å². The van der Waals surface area contributed by atoms with E-state index in [4.69, 9.17) is 4.74 Å². The molecule has 0 radical (unpaired) electrons. The fourth-order valence-corrected chi connectivity index (χ4v) is 4.03. The van der Waals surface area contributed by atoms with E-state index in [-0.39, 0.29) is 17.5 Å². The molecular formula is C13H20BrN3O3S. The van der Waals surface area contributed by atoms with Gasteiger partial charge in [0.1, 0.15) is 10.7 Å². The first-order valence-electron chi connectivity index (χ1n) is 6.97. The number of pyridine rings is 1. The molecule has 0 spiro atoms. The number of nitrogens with one attached hydrogen (secondary N) is 2. The number of ether oxygens (including phenoxy) is 1. The highest BCUT2D eigenvalue weighted by atomic mass is 79.9. The summed E-state index contributed by atoms with van der Waals surface area (Å²) >= 11 is 3.24. The van der Waals surface area contributed by atoms with Crippen molar-refractivity contribution in [1.82, 2.24) is 9.71 Å². The van der Waals surface area contributed by atoms with Crippen molar-refractivity contribution >= 4 is 31.8 Å². The van der Waals surface area contributed by atoms with Gasteiger partial charge in [-0.1, -0.05) is 12.8 Å². The van der Waals surface area contributed by atoms with Gasteiger partial charge in [0.05, 0.1) is 12.7 Å². The van der Waals surface area contributed by atoms with E-state index in [2.05, 4.69) is 31.0 Å². The van der Waals surface area contributed by atoms with E-state index >= 15 is 0 Å². The highest BCUT2D eigenvalue weighted by molar-refractivity contribution is 9.10. The Labute approximate surface area is 133 Å².